The van der Waals surface area contributed by atoms with Crippen molar-refractivity contribution >= 4 is 10.9 Å². The fourth-order valence-electron chi connectivity index (χ4n) is 2.43. The quantitative estimate of drug-likeness (QED) is 0.789. The predicted molar refractivity (Wildman–Crippen MR) is 86.3 cm³/mol. The van der Waals surface area contributed by atoms with Crippen molar-refractivity contribution < 1.29 is 4.74 Å². The van der Waals surface area contributed by atoms with Gasteiger partial charge in [-0.15, -0.1) is 0 Å². The van der Waals surface area contributed by atoms with Gasteiger partial charge in [-0.05, 0) is 36.8 Å². The third kappa shape index (κ3) is 2.60. The molecule has 1 heterocycles. The van der Waals surface area contributed by atoms with Crippen molar-refractivity contribution in [1.29, 1.82) is 0 Å². The fraction of sp³-hybridized carbons (Fsp3) is 0.167. The van der Waals surface area contributed by atoms with Crippen LogP contribution >= 0.6 is 0 Å². The minimum Gasteiger partial charge on any atom is -0.496 e. The van der Waals surface area contributed by atoms with Crippen LogP contribution in [0.1, 0.15) is 18.5 Å². The van der Waals surface area contributed by atoms with Gasteiger partial charge in [0.05, 0.1) is 18.3 Å². The summed E-state index contributed by atoms with van der Waals surface area (Å²) >= 11 is 0. The van der Waals surface area contributed by atoms with Gasteiger partial charge >= 0.3 is 0 Å². The second-order valence-corrected chi connectivity index (χ2v) is 5.14. The highest BCUT2D eigenvalue weighted by Crippen LogP contribution is 2.32. The van der Waals surface area contributed by atoms with E-state index in [4.69, 9.17) is 15.5 Å². The highest BCUT2D eigenvalue weighted by molar-refractivity contribution is 5.82. The number of nitrogens with zero attached hydrogens (tertiary/aromatic N) is 1. The fourth-order valence-corrected chi connectivity index (χ4v) is 2.43. The molecule has 2 aromatic carbocycles. The van der Waals surface area contributed by atoms with E-state index in [1.54, 1.807) is 7.11 Å². The molecule has 2 N–H and O–H groups in total. The van der Waals surface area contributed by atoms with Crippen LogP contribution in [0.15, 0.2) is 54.6 Å². The van der Waals surface area contributed by atoms with Gasteiger partial charge in [-0.3, -0.25) is 0 Å². The van der Waals surface area contributed by atoms with Crippen LogP contribution < -0.4 is 10.5 Å². The van der Waals surface area contributed by atoms with Crippen LogP contribution in [-0.4, -0.2) is 12.1 Å². The predicted octanol–water partition coefficient (Wildman–Crippen LogP) is 3.93. The van der Waals surface area contributed by atoms with Gasteiger partial charge in [0.1, 0.15) is 5.75 Å². The summed E-state index contributed by atoms with van der Waals surface area (Å²) in [5.74, 6) is 0.808. The summed E-state index contributed by atoms with van der Waals surface area (Å²) in [7, 11) is 1.67. The minimum atomic E-state index is -0.0184. The van der Waals surface area contributed by atoms with Crippen LogP contribution in [0.2, 0.25) is 0 Å². The summed E-state index contributed by atoms with van der Waals surface area (Å²) in [6.45, 7) is 1.97. The summed E-state index contributed by atoms with van der Waals surface area (Å²) in [6, 6.07) is 18.2. The monoisotopic (exact) mass is 278 g/mol. The molecule has 0 fully saturated rings. The summed E-state index contributed by atoms with van der Waals surface area (Å²) in [4.78, 5) is 4.73. The Morgan fingerprint density at radius 1 is 1.05 bits per heavy atom. The lowest BCUT2D eigenvalue weighted by atomic mass is 10.0. The topological polar surface area (TPSA) is 48.1 Å². The van der Waals surface area contributed by atoms with Crippen molar-refractivity contribution in [3.8, 4) is 17.0 Å². The molecule has 0 aliphatic heterocycles. The standard InChI is InChI=1S/C18H18N2O/c1-12(19)14-8-10-18(21-2)15(11-14)17-9-7-13-5-3-4-6-16(13)20-17/h3-12H,19H2,1-2H3. The molecule has 0 amide bonds. The van der Waals surface area contributed by atoms with Crippen LogP contribution in [0, 0.1) is 0 Å². The van der Waals surface area contributed by atoms with Crippen molar-refractivity contribution in [3.05, 3.63) is 60.2 Å². The first-order valence-electron chi connectivity index (χ1n) is 6.99. The Hall–Kier alpha value is -2.39. The van der Waals surface area contributed by atoms with Gasteiger partial charge in [0.15, 0.2) is 0 Å². The molecule has 1 unspecified atom stereocenters. The van der Waals surface area contributed by atoms with Crippen LogP contribution in [0.4, 0.5) is 0 Å². The highest BCUT2D eigenvalue weighted by Gasteiger charge is 2.10. The zero-order chi connectivity index (χ0) is 14.8. The van der Waals surface area contributed by atoms with E-state index in [-0.39, 0.29) is 6.04 Å². The summed E-state index contributed by atoms with van der Waals surface area (Å²) in [5.41, 5.74) is 9.89. The van der Waals surface area contributed by atoms with E-state index in [1.807, 2.05) is 43.3 Å². The molecule has 3 rings (SSSR count). The first-order chi connectivity index (χ1) is 10.2. The molecular weight excluding hydrogens is 260 g/mol. The summed E-state index contributed by atoms with van der Waals surface area (Å²) in [6.07, 6.45) is 0. The summed E-state index contributed by atoms with van der Waals surface area (Å²) < 4.78 is 5.47. The number of para-hydroxylation sites is 1. The van der Waals surface area contributed by atoms with Gasteiger partial charge in [-0.1, -0.05) is 30.3 Å². The molecule has 0 bridgehead atoms. The third-order valence-corrected chi connectivity index (χ3v) is 3.62. The number of pyridine rings is 1. The SMILES string of the molecule is COc1ccc(C(C)N)cc1-c1ccc2ccccc2n1. The zero-order valence-electron chi connectivity index (χ0n) is 12.2. The van der Waals surface area contributed by atoms with Crippen LogP contribution in [0.5, 0.6) is 5.75 Å². The lowest BCUT2D eigenvalue weighted by Gasteiger charge is -2.13. The van der Waals surface area contributed by atoms with Gasteiger partial charge in [0.25, 0.3) is 0 Å². The lowest BCUT2D eigenvalue weighted by molar-refractivity contribution is 0.416. The number of hydrogen-bond donors (Lipinski definition) is 1. The molecule has 0 saturated heterocycles. The molecule has 3 nitrogen and oxygen atoms in total. The van der Waals surface area contributed by atoms with E-state index in [0.717, 1.165) is 33.5 Å². The Bertz CT molecular complexity index is 781. The van der Waals surface area contributed by atoms with Crippen molar-refractivity contribution in [1.82, 2.24) is 4.98 Å². The number of benzene rings is 2. The van der Waals surface area contributed by atoms with Crippen molar-refractivity contribution in [2.75, 3.05) is 7.11 Å². The second kappa shape index (κ2) is 5.54. The first-order valence-corrected chi connectivity index (χ1v) is 6.99. The average Bonchev–Trinajstić information content (AvgIpc) is 2.53. The molecule has 0 spiro atoms. The van der Waals surface area contributed by atoms with Crippen molar-refractivity contribution in [2.45, 2.75) is 13.0 Å². The normalized spacial score (nSPS) is 12.3. The molecule has 3 heteroatoms. The molecule has 0 aliphatic rings. The highest BCUT2D eigenvalue weighted by atomic mass is 16.5. The van der Waals surface area contributed by atoms with E-state index in [2.05, 4.69) is 18.2 Å². The molecule has 0 radical (unpaired) electrons. The third-order valence-electron chi connectivity index (χ3n) is 3.62. The Morgan fingerprint density at radius 3 is 2.62 bits per heavy atom. The van der Waals surface area contributed by atoms with Gasteiger partial charge in [0.2, 0.25) is 0 Å². The smallest absolute Gasteiger partial charge is 0.128 e. The average molecular weight is 278 g/mol. The van der Waals surface area contributed by atoms with Crippen LogP contribution in [0.25, 0.3) is 22.2 Å². The second-order valence-electron chi connectivity index (χ2n) is 5.14. The van der Waals surface area contributed by atoms with Gasteiger partial charge < -0.3 is 10.5 Å². The minimum absolute atomic E-state index is 0.0184. The first kappa shape index (κ1) is 13.6. The molecule has 0 saturated carbocycles. The maximum absolute atomic E-state index is 5.98. The largest absolute Gasteiger partial charge is 0.496 e. The van der Waals surface area contributed by atoms with E-state index < -0.39 is 0 Å². The van der Waals surface area contributed by atoms with E-state index in [0.29, 0.717) is 0 Å². The Labute approximate surface area is 124 Å². The Morgan fingerprint density at radius 2 is 1.86 bits per heavy atom. The number of fused-ring (bicyclic) bond motifs is 1. The van der Waals surface area contributed by atoms with Gasteiger partial charge in [-0.2, -0.15) is 0 Å². The number of ether oxygens (including phenoxy) is 1. The van der Waals surface area contributed by atoms with Crippen LogP contribution in [0.3, 0.4) is 0 Å². The molecule has 21 heavy (non-hydrogen) atoms. The number of rotatable bonds is 3. The maximum Gasteiger partial charge on any atom is 0.128 e. The van der Waals surface area contributed by atoms with E-state index in [9.17, 15) is 0 Å². The van der Waals surface area contributed by atoms with Gasteiger partial charge in [-0.25, -0.2) is 4.98 Å². The van der Waals surface area contributed by atoms with Crippen LogP contribution in [-0.2, 0) is 0 Å². The number of methoxy groups -OCH3 is 1. The molecule has 0 aliphatic carbocycles. The van der Waals surface area contributed by atoms with Crippen molar-refractivity contribution in [3.63, 3.8) is 0 Å². The molecule has 3 aromatic rings. The van der Waals surface area contributed by atoms with E-state index in [1.165, 1.54) is 0 Å². The summed E-state index contributed by atoms with van der Waals surface area (Å²) in [5, 5.41) is 1.13. The van der Waals surface area contributed by atoms with Crippen molar-refractivity contribution in [2.24, 2.45) is 5.73 Å². The molecule has 106 valence electrons. The number of nitrogens with two attached hydrogens (primary N) is 1. The molecule has 1 aromatic heterocycles. The zero-order valence-corrected chi connectivity index (χ0v) is 12.2. The Balaban J connectivity index is 2.18. The molecule has 1 atom stereocenters. The Kier molecular flexibility index (Phi) is 3.59. The van der Waals surface area contributed by atoms with E-state index >= 15 is 0 Å². The maximum atomic E-state index is 5.98. The lowest BCUT2D eigenvalue weighted by Crippen LogP contribution is -2.05. The number of hydrogen-bond acceptors (Lipinski definition) is 3. The van der Waals surface area contributed by atoms with Gasteiger partial charge in [0, 0.05) is 17.0 Å². The molecular formula is C18H18N2O. The number of aromatic nitrogens is 1.